The van der Waals surface area contributed by atoms with Gasteiger partial charge in [0.1, 0.15) is 5.69 Å². The number of imidazole rings is 1. The molecule has 1 aliphatic heterocycles. The highest BCUT2D eigenvalue weighted by Gasteiger charge is 2.24. The van der Waals surface area contributed by atoms with Crippen LogP contribution >= 0.6 is 0 Å². The summed E-state index contributed by atoms with van der Waals surface area (Å²) in [5, 5.41) is 8.47. The minimum Gasteiger partial charge on any atom is -0.378 e. The third kappa shape index (κ3) is 4.87. The molecule has 0 saturated carbocycles. The van der Waals surface area contributed by atoms with Crippen molar-refractivity contribution < 1.29 is 4.74 Å². The lowest BCUT2D eigenvalue weighted by atomic mass is 10.1. The van der Waals surface area contributed by atoms with Gasteiger partial charge in [-0.15, -0.1) is 11.0 Å². The molecule has 0 N–H and O–H groups in total. The van der Waals surface area contributed by atoms with E-state index in [1.54, 1.807) is 29.4 Å². The Balaban J connectivity index is 1.51. The molecule has 0 atom stereocenters. The maximum atomic E-state index is 13.7. The van der Waals surface area contributed by atoms with Crippen LogP contribution in [0.25, 0.3) is 16.9 Å². The summed E-state index contributed by atoms with van der Waals surface area (Å²) in [4.78, 5) is 33.8. The molecular formula is C27H32N8O3. The predicted molar refractivity (Wildman–Crippen MR) is 145 cm³/mol. The minimum absolute atomic E-state index is 0.00639. The van der Waals surface area contributed by atoms with Gasteiger partial charge in [0.2, 0.25) is 5.95 Å². The van der Waals surface area contributed by atoms with Crippen molar-refractivity contribution in [3.63, 3.8) is 0 Å². The highest BCUT2D eigenvalue weighted by atomic mass is 16.5. The van der Waals surface area contributed by atoms with E-state index in [1.165, 1.54) is 14.7 Å². The van der Waals surface area contributed by atoms with Crippen LogP contribution in [0.3, 0.4) is 0 Å². The predicted octanol–water partition coefficient (Wildman–Crippen LogP) is 1.73. The number of hydrogen-bond donors (Lipinski definition) is 0. The zero-order chi connectivity index (χ0) is 26.6. The maximum absolute atomic E-state index is 13.7. The fourth-order valence-electron chi connectivity index (χ4n) is 4.67. The van der Waals surface area contributed by atoms with Crippen molar-refractivity contribution >= 4 is 17.1 Å². The van der Waals surface area contributed by atoms with Crippen molar-refractivity contribution in [2.45, 2.75) is 46.2 Å². The van der Waals surface area contributed by atoms with E-state index < -0.39 is 11.2 Å². The molecule has 0 unspecified atom stereocenters. The number of benzene rings is 1. The van der Waals surface area contributed by atoms with E-state index in [-0.39, 0.29) is 13.1 Å². The first kappa shape index (κ1) is 25.5. The van der Waals surface area contributed by atoms with Crippen LogP contribution in [0.5, 0.6) is 0 Å². The quantitative estimate of drug-likeness (QED) is 0.329. The number of aryl methyl sites for hydroxylation is 2. The number of morpholine rings is 1. The summed E-state index contributed by atoms with van der Waals surface area (Å²) >= 11 is 0. The molecule has 1 aliphatic rings. The van der Waals surface area contributed by atoms with Crippen molar-refractivity contribution in [2.24, 2.45) is 7.05 Å². The molecule has 5 rings (SSSR count). The Hall–Kier alpha value is -4.17. The van der Waals surface area contributed by atoms with Crippen LogP contribution in [0, 0.1) is 11.8 Å². The molecule has 11 nitrogen and oxygen atoms in total. The van der Waals surface area contributed by atoms with Gasteiger partial charge in [0, 0.05) is 20.1 Å². The number of hydrogen-bond acceptors (Lipinski definition) is 7. The first-order chi connectivity index (χ1) is 18.5. The van der Waals surface area contributed by atoms with Gasteiger partial charge in [-0.25, -0.2) is 9.48 Å². The average Bonchev–Trinajstić information content (AvgIpc) is 3.58. The fraction of sp³-hybridized carbons (Fsp3) is 0.444. The molecule has 11 heteroatoms. The van der Waals surface area contributed by atoms with Gasteiger partial charge in [-0.05, 0) is 37.5 Å². The lowest BCUT2D eigenvalue weighted by Crippen LogP contribution is -2.40. The first-order valence-electron chi connectivity index (χ1n) is 12.9. The van der Waals surface area contributed by atoms with Crippen LogP contribution in [0.4, 0.5) is 5.95 Å². The van der Waals surface area contributed by atoms with E-state index in [9.17, 15) is 9.59 Å². The second-order valence-corrected chi connectivity index (χ2v) is 9.35. The molecule has 0 aliphatic carbocycles. The molecule has 1 aromatic carbocycles. The van der Waals surface area contributed by atoms with Gasteiger partial charge < -0.3 is 9.64 Å². The minimum atomic E-state index is -0.461. The van der Waals surface area contributed by atoms with Crippen molar-refractivity contribution in [3.05, 3.63) is 62.6 Å². The second-order valence-electron chi connectivity index (χ2n) is 9.35. The zero-order valence-electron chi connectivity index (χ0n) is 22.1. The molecule has 0 amide bonds. The van der Waals surface area contributed by atoms with E-state index in [2.05, 4.69) is 46.1 Å². The molecule has 1 saturated heterocycles. The van der Waals surface area contributed by atoms with Gasteiger partial charge in [0.25, 0.3) is 5.56 Å². The summed E-state index contributed by atoms with van der Waals surface area (Å²) in [5.41, 5.74) is 2.44. The van der Waals surface area contributed by atoms with Crippen LogP contribution in [-0.2, 0) is 31.3 Å². The van der Waals surface area contributed by atoms with Crippen LogP contribution in [-0.4, -0.2) is 60.0 Å². The molecular weight excluding hydrogens is 484 g/mol. The molecule has 4 heterocycles. The summed E-state index contributed by atoms with van der Waals surface area (Å²) in [6, 6.07) is 8.18. The van der Waals surface area contributed by atoms with Crippen molar-refractivity contribution in [2.75, 3.05) is 31.2 Å². The fourth-order valence-corrected chi connectivity index (χ4v) is 4.67. The molecule has 4 aromatic rings. The summed E-state index contributed by atoms with van der Waals surface area (Å²) in [5.74, 6) is 6.55. The highest BCUT2D eigenvalue weighted by molar-refractivity contribution is 5.75. The average molecular weight is 517 g/mol. The molecule has 198 valence electrons. The number of anilines is 1. The third-order valence-corrected chi connectivity index (χ3v) is 6.80. The Morgan fingerprint density at radius 3 is 2.55 bits per heavy atom. The van der Waals surface area contributed by atoms with Gasteiger partial charge >= 0.3 is 5.69 Å². The molecule has 38 heavy (non-hydrogen) atoms. The van der Waals surface area contributed by atoms with E-state index in [0.29, 0.717) is 49.1 Å². The Kier molecular flexibility index (Phi) is 7.42. The number of nitrogens with zero attached hydrogens (tertiary/aromatic N) is 8. The van der Waals surface area contributed by atoms with Crippen LogP contribution in [0.15, 0.2) is 40.1 Å². The van der Waals surface area contributed by atoms with Crippen molar-refractivity contribution in [3.8, 4) is 17.5 Å². The molecule has 0 radical (unpaired) electrons. The van der Waals surface area contributed by atoms with E-state index >= 15 is 0 Å². The number of fused-ring (bicyclic) bond motifs is 1. The largest absolute Gasteiger partial charge is 0.378 e. The Bertz CT molecular complexity index is 1610. The van der Waals surface area contributed by atoms with Crippen LogP contribution < -0.4 is 16.1 Å². The zero-order valence-corrected chi connectivity index (χ0v) is 22.1. The molecule has 0 bridgehead atoms. The van der Waals surface area contributed by atoms with Gasteiger partial charge in [0.15, 0.2) is 11.2 Å². The Morgan fingerprint density at radius 1 is 1.08 bits per heavy atom. The second kappa shape index (κ2) is 11.1. The van der Waals surface area contributed by atoms with Crippen LogP contribution in [0.2, 0.25) is 0 Å². The molecule has 3 aromatic heterocycles. The summed E-state index contributed by atoms with van der Waals surface area (Å²) in [6.07, 6.45) is 5.09. The third-order valence-electron chi connectivity index (χ3n) is 6.80. The standard InChI is InChI=1S/C27H32N8O3/c1-4-6-8-20-9-11-22(12-10-20)35-19-21(29-30-35)18-34-25(36)23-24(31(3)27(34)37)28-26(33(23)13-7-5-2)32-14-16-38-17-15-32/h9-12,19H,4,6,8,13-18H2,1-3H3. The monoisotopic (exact) mass is 516 g/mol. The number of ether oxygens (including phenoxy) is 1. The Morgan fingerprint density at radius 2 is 1.84 bits per heavy atom. The summed E-state index contributed by atoms with van der Waals surface area (Å²) in [7, 11) is 1.63. The first-order valence-corrected chi connectivity index (χ1v) is 12.9. The summed E-state index contributed by atoms with van der Waals surface area (Å²) < 4.78 is 11.5. The van der Waals surface area contributed by atoms with E-state index in [1.807, 2.05) is 12.1 Å². The van der Waals surface area contributed by atoms with Gasteiger partial charge in [-0.1, -0.05) is 36.6 Å². The van der Waals surface area contributed by atoms with Gasteiger partial charge in [-0.3, -0.25) is 18.5 Å². The number of aromatic nitrogens is 7. The van der Waals surface area contributed by atoms with Crippen molar-refractivity contribution in [1.29, 1.82) is 0 Å². The number of rotatable bonds is 8. The lowest BCUT2D eigenvalue weighted by molar-refractivity contribution is 0.121. The van der Waals surface area contributed by atoms with Crippen molar-refractivity contribution in [1.82, 2.24) is 33.7 Å². The topological polar surface area (TPSA) is 105 Å². The van der Waals surface area contributed by atoms with Gasteiger partial charge in [-0.2, -0.15) is 4.98 Å². The Labute approximate surface area is 220 Å². The highest BCUT2D eigenvalue weighted by Crippen LogP contribution is 2.20. The molecule has 0 spiro atoms. The summed E-state index contributed by atoms with van der Waals surface area (Å²) in [6.45, 7) is 6.65. The van der Waals surface area contributed by atoms with Crippen LogP contribution in [0.1, 0.15) is 37.9 Å². The smallest absolute Gasteiger partial charge is 0.332 e. The maximum Gasteiger partial charge on any atom is 0.332 e. The van der Waals surface area contributed by atoms with E-state index in [0.717, 1.165) is 24.9 Å². The number of unbranched alkanes of at least 4 members (excludes halogenated alkanes) is 1. The molecule has 1 fully saturated rings. The van der Waals surface area contributed by atoms with E-state index in [4.69, 9.17) is 9.72 Å². The SMILES string of the molecule is CC#CCn1c(N2CCOCC2)nc2c1c(=O)n(Cc1cn(-c3ccc(CCCC)cc3)nn1)c(=O)n2C. The van der Waals surface area contributed by atoms with Gasteiger partial charge in [0.05, 0.1) is 38.2 Å². The normalized spacial score (nSPS) is 13.6. The lowest BCUT2D eigenvalue weighted by Gasteiger charge is -2.27.